The van der Waals surface area contributed by atoms with E-state index in [1.165, 1.54) is 6.08 Å². The third-order valence-corrected chi connectivity index (χ3v) is 5.32. The molecule has 10 heteroatoms. The molecule has 20 heavy (non-hydrogen) atoms. The Kier molecular flexibility index (Phi) is 5.06. The average Bonchev–Trinajstić information content (AvgIpc) is 2.43. The van der Waals surface area contributed by atoms with Crippen LogP contribution in [0, 0.1) is 0 Å². The van der Waals surface area contributed by atoms with Crippen LogP contribution in [-0.4, -0.2) is 53.2 Å². The Labute approximate surface area is 116 Å². The number of sulfone groups is 2. The second kappa shape index (κ2) is 6.18. The molecule has 112 valence electrons. The van der Waals surface area contributed by atoms with E-state index in [2.05, 4.69) is 17.2 Å². The maximum atomic E-state index is 11.8. The zero-order chi connectivity index (χ0) is 15.4. The van der Waals surface area contributed by atoms with Crippen molar-refractivity contribution in [2.45, 2.75) is 0 Å². The summed E-state index contributed by atoms with van der Waals surface area (Å²) in [6.45, 7) is 2.74. The Morgan fingerprint density at radius 2 is 2.15 bits per heavy atom. The van der Waals surface area contributed by atoms with Crippen LogP contribution in [0.5, 0.6) is 0 Å². The minimum atomic E-state index is -3.79. The van der Waals surface area contributed by atoms with Gasteiger partial charge in [-0.25, -0.2) is 16.8 Å². The molecule has 1 aliphatic rings. The van der Waals surface area contributed by atoms with Crippen LogP contribution in [0.15, 0.2) is 23.0 Å². The van der Waals surface area contributed by atoms with E-state index in [4.69, 9.17) is 0 Å². The summed E-state index contributed by atoms with van der Waals surface area (Å²) in [7, 11) is -7.49. The Bertz CT molecular complexity index is 660. The van der Waals surface area contributed by atoms with Gasteiger partial charge in [0.2, 0.25) is 11.8 Å². The highest BCUT2D eigenvalue weighted by Crippen LogP contribution is 2.08. The van der Waals surface area contributed by atoms with Crippen LogP contribution in [0.3, 0.4) is 0 Å². The topological polar surface area (TPSA) is 126 Å². The summed E-state index contributed by atoms with van der Waals surface area (Å²) in [5.74, 6) is -2.97. The molecule has 8 nitrogen and oxygen atoms in total. The van der Waals surface area contributed by atoms with Crippen molar-refractivity contribution in [3.8, 4) is 0 Å². The van der Waals surface area contributed by atoms with Crippen molar-refractivity contribution in [1.82, 2.24) is 10.6 Å². The number of nitrogens with one attached hydrogen (secondary N) is 2. The van der Waals surface area contributed by atoms with Crippen LogP contribution in [0.1, 0.15) is 0 Å². The Morgan fingerprint density at radius 1 is 1.50 bits per heavy atom. The van der Waals surface area contributed by atoms with Crippen molar-refractivity contribution in [3.05, 3.63) is 23.0 Å². The molecule has 1 rings (SSSR count). The molecule has 0 aliphatic carbocycles. The van der Waals surface area contributed by atoms with Gasteiger partial charge in [-0.15, -0.1) is 0 Å². The van der Waals surface area contributed by atoms with Crippen LogP contribution in [-0.2, 0) is 29.3 Å². The molecule has 0 atom stereocenters. The van der Waals surface area contributed by atoms with Crippen LogP contribution in [0.2, 0.25) is 0 Å². The second-order valence-corrected chi connectivity index (χ2v) is 7.97. The fourth-order valence-electron chi connectivity index (χ4n) is 1.38. The van der Waals surface area contributed by atoms with Crippen molar-refractivity contribution >= 4 is 31.5 Å². The zero-order valence-electron chi connectivity index (χ0n) is 10.5. The van der Waals surface area contributed by atoms with E-state index in [9.17, 15) is 26.4 Å². The largest absolute Gasteiger partial charge is 0.352 e. The first-order chi connectivity index (χ1) is 9.16. The number of carbonyl (C=O) groups excluding carboxylic acids is 2. The molecule has 0 spiro atoms. The van der Waals surface area contributed by atoms with Gasteiger partial charge in [-0.3, -0.25) is 9.59 Å². The molecule has 2 N–H and O–H groups in total. The molecule has 0 unspecified atom stereocenters. The summed E-state index contributed by atoms with van der Waals surface area (Å²) in [6, 6.07) is 0. The molecule has 2 amide bonds. The fourth-order valence-corrected chi connectivity index (χ4v) is 3.23. The maximum absolute atomic E-state index is 11.8. The van der Waals surface area contributed by atoms with Crippen molar-refractivity contribution in [3.63, 3.8) is 0 Å². The van der Waals surface area contributed by atoms with Crippen LogP contribution in [0.25, 0.3) is 0 Å². The number of carbonyl (C=O) groups is 2. The van der Waals surface area contributed by atoms with Gasteiger partial charge in [0.1, 0.15) is 11.5 Å². The van der Waals surface area contributed by atoms with E-state index in [1.807, 2.05) is 0 Å². The summed E-state index contributed by atoms with van der Waals surface area (Å²) in [4.78, 5) is 22.4. The monoisotopic (exact) mass is 322 g/mol. The van der Waals surface area contributed by atoms with E-state index in [1.54, 1.807) is 0 Å². The van der Waals surface area contributed by atoms with Gasteiger partial charge < -0.3 is 10.6 Å². The molecular weight excluding hydrogens is 308 g/mol. The first-order valence-corrected chi connectivity index (χ1v) is 8.83. The molecule has 0 aromatic carbocycles. The highest BCUT2D eigenvalue weighted by molar-refractivity contribution is 7.96. The molecule has 0 saturated carbocycles. The van der Waals surface area contributed by atoms with Crippen molar-refractivity contribution in [2.24, 2.45) is 0 Å². The van der Waals surface area contributed by atoms with Gasteiger partial charge in [-0.05, 0) is 6.08 Å². The lowest BCUT2D eigenvalue weighted by Crippen LogP contribution is -2.33. The van der Waals surface area contributed by atoms with E-state index in [-0.39, 0.29) is 18.0 Å². The quantitative estimate of drug-likeness (QED) is 0.608. The van der Waals surface area contributed by atoms with Crippen LogP contribution < -0.4 is 10.6 Å². The van der Waals surface area contributed by atoms with E-state index < -0.39 is 43.0 Å². The third kappa shape index (κ3) is 4.78. The molecule has 0 bridgehead atoms. The summed E-state index contributed by atoms with van der Waals surface area (Å²) in [5, 5.41) is 5.19. The van der Waals surface area contributed by atoms with Gasteiger partial charge in [0.05, 0.1) is 11.4 Å². The number of rotatable bonds is 5. The number of amides is 2. The fraction of sp³-hybridized carbons (Fsp3) is 0.400. The van der Waals surface area contributed by atoms with E-state index in [0.29, 0.717) is 5.41 Å². The maximum Gasteiger partial charge on any atom is 0.235 e. The normalized spacial score (nSPS) is 18.4. The van der Waals surface area contributed by atoms with Crippen molar-refractivity contribution in [2.75, 3.05) is 24.6 Å². The smallest absolute Gasteiger partial charge is 0.235 e. The molecule has 0 aromatic heterocycles. The van der Waals surface area contributed by atoms with Gasteiger partial charge in [-0.2, -0.15) is 0 Å². The molecular formula is C10H14N2O6S2. The predicted octanol–water partition coefficient (Wildman–Crippen LogP) is -1.91. The minimum Gasteiger partial charge on any atom is -0.352 e. The predicted molar refractivity (Wildman–Crippen MR) is 71.9 cm³/mol. The highest BCUT2D eigenvalue weighted by Gasteiger charge is 2.25. The second-order valence-electron chi connectivity index (χ2n) is 3.98. The van der Waals surface area contributed by atoms with Crippen molar-refractivity contribution in [1.29, 1.82) is 0 Å². The lowest BCUT2D eigenvalue weighted by atomic mass is 10.4. The molecule has 0 aromatic rings. The minimum absolute atomic E-state index is 0.0359. The Morgan fingerprint density at radius 3 is 2.75 bits per heavy atom. The molecule has 1 heterocycles. The van der Waals surface area contributed by atoms with E-state index in [0.717, 1.165) is 0 Å². The van der Waals surface area contributed by atoms with E-state index >= 15 is 0 Å². The first kappa shape index (κ1) is 16.4. The third-order valence-electron chi connectivity index (χ3n) is 2.40. The molecule has 1 aliphatic heterocycles. The molecule has 0 radical (unpaired) electrons. The lowest BCUT2D eigenvalue weighted by molar-refractivity contribution is -0.119. The molecule has 0 saturated heterocycles. The van der Waals surface area contributed by atoms with Crippen LogP contribution in [0.4, 0.5) is 0 Å². The Balaban J connectivity index is 2.69. The summed E-state index contributed by atoms with van der Waals surface area (Å²) < 4.78 is 45.7. The van der Waals surface area contributed by atoms with Gasteiger partial charge in [0.15, 0.2) is 19.7 Å². The summed E-state index contributed by atoms with van der Waals surface area (Å²) >= 11 is 0. The van der Waals surface area contributed by atoms with Gasteiger partial charge in [-0.1, -0.05) is 6.58 Å². The number of hydrogen-bond donors (Lipinski definition) is 2. The van der Waals surface area contributed by atoms with Crippen LogP contribution >= 0.6 is 0 Å². The van der Waals surface area contributed by atoms with Gasteiger partial charge >= 0.3 is 0 Å². The first-order valence-electron chi connectivity index (χ1n) is 5.47. The highest BCUT2D eigenvalue weighted by atomic mass is 32.2. The van der Waals surface area contributed by atoms with Gasteiger partial charge in [0, 0.05) is 12.0 Å². The summed E-state index contributed by atoms with van der Waals surface area (Å²) in [5.41, 5.74) is 0. The average molecular weight is 322 g/mol. The standard InChI is InChI=1S/C10H14N2O6S2/c1-2-19(15,16)6-9(13)12-5-8-3-4-11-10(14)7-20(8,17)18/h2-3H,1,4-7H2,(H,11,14)(H,12,13). The summed E-state index contributed by atoms with van der Waals surface area (Å²) in [6.07, 6.45) is 1.27. The molecule has 0 fully saturated rings. The lowest BCUT2D eigenvalue weighted by Gasteiger charge is -2.07. The van der Waals surface area contributed by atoms with Gasteiger partial charge in [0.25, 0.3) is 0 Å². The SMILES string of the molecule is C=CS(=O)(=O)CC(=O)NCC1=CCNC(=O)CS1(=O)=O. The Hall–Kier alpha value is -1.68. The number of hydrogen-bond acceptors (Lipinski definition) is 6. The van der Waals surface area contributed by atoms with Crippen molar-refractivity contribution < 1.29 is 26.4 Å². The zero-order valence-corrected chi connectivity index (χ0v) is 12.1.